The van der Waals surface area contributed by atoms with Crippen LogP contribution in [0.25, 0.3) is 38.6 Å². The summed E-state index contributed by atoms with van der Waals surface area (Å²) in [5.74, 6) is 0. The molecule has 2 heteroatoms. The normalized spacial score (nSPS) is 12.1. The molecule has 0 aliphatic rings. The van der Waals surface area contributed by atoms with Gasteiger partial charge in [-0.3, -0.25) is 0 Å². The first-order chi connectivity index (χ1) is 21.7. The minimum absolute atomic E-state index is 0.860. The zero-order valence-corrected chi connectivity index (χ0v) is 26.2. The molecule has 0 amide bonds. The van der Waals surface area contributed by atoms with Gasteiger partial charge in [0.1, 0.15) is 0 Å². The summed E-state index contributed by atoms with van der Waals surface area (Å²) >= 11 is 0. The van der Waals surface area contributed by atoms with E-state index in [1.165, 1.54) is 44.2 Å². The number of para-hydroxylation sites is 3. The first kappa shape index (κ1) is 31.8. The number of likely N-dealkylation sites (N-methyl/N-ethyl adjacent to an activating group) is 1. The van der Waals surface area contributed by atoms with Crippen LogP contribution in [0.1, 0.15) is 26.2 Å². The molecular weight excluding hydrogens is 532 g/mol. The van der Waals surface area contributed by atoms with Crippen molar-refractivity contribution in [1.29, 1.82) is 0 Å². The minimum Gasteiger partial charge on any atom is -0.370 e. The number of rotatable bonds is 12. The van der Waals surface area contributed by atoms with Crippen molar-refractivity contribution >= 4 is 33.2 Å². The molecule has 4 aromatic carbocycles. The molecule has 0 saturated carbocycles. The lowest BCUT2D eigenvalue weighted by molar-refractivity contribution is 1.01. The molecule has 0 atom stereocenters. The molecule has 44 heavy (non-hydrogen) atoms. The van der Waals surface area contributed by atoms with Gasteiger partial charge in [-0.2, -0.15) is 0 Å². The van der Waals surface area contributed by atoms with Crippen LogP contribution in [0.4, 0.5) is 5.69 Å². The van der Waals surface area contributed by atoms with Crippen molar-refractivity contribution in [1.82, 2.24) is 4.57 Å². The van der Waals surface area contributed by atoms with Crippen LogP contribution in [-0.2, 0) is 0 Å². The maximum Gasteiger partial charge on any atom is 0.0541 e. The van der Waals surface area contributed by atoms with Gasteiger partial charge in [-0.15, -0.1) is 13.2 Å². The molecule has 0 N–H and O–H groups in total. The van der Waals surface area contributed by atoms with E-state index in [0.29, 0.717) is 0 Å². The maximum absolute atomic E-state index is 4.00. The predicted octanol–water partition coefficient (Wildman–Crippen LogP) is 11.7. The summed E-state index contributed by atoms with van der Waals surface area (Å²) in [5, 5.41) is 2.54. The Morgan fingerprint density at radius 2 is 1.32 bits per heavy atom. The van der Waals surface area contributed by atoms with E-state index in [-0.39, 0.29) is 0 Å². The van der Waals surface area contributed by atoms with Gasteiger partial charge in [-0.1, -0.05) is 134 Å². The molecule has 0 saturated heterocycles. The fourth-order valence-corrected chi connectivity index (χ4v) is 5.63. The molecule has 5 aromatic rings. The molecule has 2 nitrogen and oxygen atoms in total. The lowest BCUT2D eigenvalue weighted by Crippen LogP contribution is -2.17. The van der Waals surface area contributed by atoms with Crippen LogP contribution in [0.2, 0.25) is 0 Å². The van der Waals surface area contributed by atoms with Gasteiger partial charge >= 0.3 is 0 Å². The third-order valence-corrected chi connectivity index (χ3v) is 7.61. The van der Waals surface area contributed by atoms with Crippen LogP contribution in [0.5, 0.6) is 0 Å². The van der Waals surface area contributed by atoms with Crippen LogP contribution < -0.4 is 4.90 Å². The first-order valence-electron chi connectivity index (χ1n) is 15.4. The molecule has 0 radical (unpaired) electrons. The lowest BCUT2D eigenvalue weighted by atomic mass is 10.0. The minimum atomic E-state index is 0.860. The fourth-order valence-electron chi connectivity index (χ4n) is 5.63. The summed E-state index contributed by atoms with van der Waals surface area (Å²) in [6.45, 7) is 13.1. The van der Waals surface area contributed by atoms with E-state index in [4.69, 9.17) is 0 Å². The molecule has 1 heterocycles. The van der Waals surface area contributed by atoms with E-state index in [1.807, 2.05) is 6.08 Å². The highest BCUT2D eigenvalue weighted by Gasteiger charge is 2.11. The second kappa shape index (κ2) is 16.5. The summed E-state index contributed by atoms with van der Waals surface area (Å²) in [6.07, 6.45) is 18.4. The number of hydrogen-bond donors (Lipinski definition) is 0. The van der Waals surface area contributed by atoms with Crippen LogP contribution >= 0.6 is 0 Å². The molecule has 0 bridgehead atoms. The number of hydrogen-bond acceptors (Lipinski definition) is 1. The molecule has 0 aliphatic carbocycles. The number of nitrogens with zero attached hydrogens (tertiary/aromatic N) is 2. The Morgan fingerprint density at radius 3 is 1.98 bits per heavy atom. The largest absolute Gasteiger partial charge is 0.370 e. The fraction of sp³-hybridized carbons (Fsp3) is 0.143. The van der Waals surface area contributed by atoms with Gasteiger partial charge in [0, 0.05) is 41.3 Å². The standard InChI is InChI=1S/C40H40N2.C2H4/c1-4-18-32(20-15-16-31-41(3)38-28-12-9-25-35(38)33-22-7-6-8-23-33)21-17-24-34(19-5-2)42-39-29-13-10-26-36(39)37-27-11-14-30-40(37)42;1-2/h5-19,22-30H,2,4,20-21,31H2,1,3H3;1-2H2/b16-15-,24-17-,32-18+,34-19+;. The van der Waals surface area contributed by atoms with Gasteiger partial charge in [0.15, 0.2) is 0 Å². The van der Waals surface area contributed by atoms with Gasteiger partial charge in [0.25, 0.3) is 0 Å². The molecule has 1 aromatic heterocycles. The quantitative estimate of drug-likeness (QED) is 0.106. The van der Waals surface area contributed by atoms with Gasteiger partial charge in [-0.25, -0.2) is 0 Å². The zero-order valence-electron chi connectivity index (χ0n) is 26.2. The number of fused-ring (bicyclic) bond motifs is 3. The van der Waals surface area contributed by atoms with E-state index < -0.39 is 0 Å². The predicted molar refractivity (Wildman–Crippen MR) is 196 cm³/mol. The number of allylic oxidation sites excluding steroid dienone is 8. The Hall–Kier alpha value is -5.08. The van der Waals surface area contributed by atoms with Crippen molar-refractivity contribution in [2.75, 3.05) is 18.5 Å². The van der Waals surface area contributed by atoms with Crippen LogP contribution in [0, 0.1) is 0 Å². The van der Waals surface area contributed by atoms with Crippen molar-refractivity contribution < 1.29 is 0 Å². The van der Waals surface area contributed by atoms with Crippen molar-refractivity contribution in [3.63, 3.8) is 0 Å². The number of anilines is 1. The summed E-state index contributed by atoms with van der Waals surface area (Å²) in [5.41, 5.74) is 8.72. The molecule has 0 aliphatic heterocycles. The molecule has 0 spiro atoms. The monoisotopic (exact) mass is 576 g/mol. The summed E-state index contributed by atoms with van der Waals surface area (Å²) < 4.78 is 2.34. The molecule has 0 unspecified atom stereocenters. The van der Waals surface area contributed by atoms with Crippen molar-refractivity contribution in [3.05, 3.63) is 171 Å². The van der Waals surface area contributed by atoms with Gasteiger partial charge in [0.05, 0.1) is 11.0 Å². The maximum atomic E-state index is 4.00. The zero-order chi connectivity index (χ0) is 31.1. The van der Waals surface area contributed by atoms with Gasteiger partial charge in [0.2, 0.25) is 0 Å². The van der Waals surface area contributed by atoms with E-state index in [1.54, 1.807) is 0 Å². The number of aromatic nitrogens is 1. The molecule has 5 rings (SSSR count). The number of benzene rings is 4. The van der Waals surface area contributed by atoms with Gasteiger partial charge in [-0.05, 0) is 55.2 Å². The highest BCUT2D eigenvalue weighted by atomic mass is 15.1. The Bertz CT molecular complexity index is 1730. The topological polar surface area (TPSA) is 8.17 Å². The van der Waals surface area contributed by atoms with Gasteiger partial charge < -0.3 is 9.47 Å². The Kier molecular flexibility index (Phi) is 12.0. The lowest BCUT2D eigenvalue weighted by Gasteiger charge is -2.21. The smallest absolute Gasteiger partial charge is 0.0541 e. The molecule has 222 valence electrons. The second-order valence-electron chi connectivity index (χ2n) is 10.5. The third-order valence-electron chi connectivity index (χ3n) is 7.61. The second-order valence-corrected chi connectivity index (χ2v) is 10.5. The van der Waals surface area contributed by atoms with Crippen LogP contribution in [0.15, 0.2) is 171 Å². The summed E-state index contributed by atoms with van der Waals surface area (Å²) in [4.78, 5) is 2.32. The van der Waals surface area contributed by atoms with E-state index in [2.05, 4.69) is 183 Å². The molecular formula is C42H44N2. The van der Waals surface area contributed by atoms with Crippen molar-refractivity contribution in [3.8, 4) is 11.1 Å². The van der Waals surface area contributed by atoms with E-state index in [9.17, 15) is 0 Å². The van der Waals surface area contributed by atoms with E-state index >= 15 is 0 Å². The summed E-state index contributed by atoms with van der Waals surface area (Å²) in [7, 11) is 2.17. The first-order valence-corrected chi connectivity index (χ1v) is 15.4. The Morgan fingerprint density at radius 1 is 0.727 bits per heavy atom. The third kappa shape index (κ3) is 7.65. The van der Waals surface area contributed by atoms with E-state index in [0.717, 1.165) is 31.5 Å². The highest BCUT2D eigenvalue weighted by Crippen LogP contribution is 2.32. The Labute approximate surface area is 264 Å². The van der Waals surface area contributed by atoms with Crippen molar-refractivity contribution in [2.24, 2.45) is 0 Å². The molecule has 0 fully saturated rings. The van der Waals surface area contributed by atoms with Crippen LogP contribution in [-0.4, -0.2) is 18.2 Å². The average Bonchev–Trinajstić information content (AvgIpc) is 3.42. The van der Waals surface area contributed by atoms with Crippen LogP contribution in [0.3, 0.4) is 0 Å². The highest BCUT2D eigenvalue weighted by molar-refractivity contribution is 6.10. The SMILES string of the molecule is C=C.C=C/C=C(\C=C/C/C(=C/CC)C/C=C\CN(C)c1ccccc1-c1ccccc1)n1c2ccccc2c2ccccc21. The Balaban J connectivity index is 0.00000216. The van der Waals surface area contributed by atoms with Crippen molar-refractivity contribution in [2.45, 2.75) is 26.2 Å². The average molecular weight is 577 g/mol. The summed E-state index contributed by atoms with van der Waals surface area (Å²) in [6, 6.07) is 36.5.